The van der Waals surface area contributed by atoms with Crippen LogP contribution in [0, 0.1) is 20.8 Å². The molecule has 32 heavy (non-hydrogen) atoms. The number of carbonyl (C=O) groups is 1. The van der Waals surface area contributed by atoms with E-state index in [9.17, 15) is 13.2 Å². The van der Waals surface area contributed by atoms with E-state index in [0.717, 1.165) is 22.4 Å². The fourth-order valence-corrected chi connectivity index (χ4v) is 5.26. The first-order chi connectivity index (χ1) is 15.1. The standard InChI is InChI=1S/C23H25ClN4O3S/c1-15-4-7-18(8-5-15)22-17(3)21(23(29)26-27-10-12-32(30,31)13-11-27)25-28(22)20-9-6-16(2)14-19(20)24/h4-9,14H,10-13H2,1-3H3,(H,26,29). The topological polar surface area (TPSA) is 84.3 Å². The van der Waals surface area contributed by atoms with Crippen LogP contribution in [-0.4, -0.2) is 53.7 Å². The number of nitrogens with zero attached hydrogens (tertiary/aromatic N) is 3. The highest BCUT2D eigenvalue weighted by atomic mass is 35.5. The van der Waals surface area contributed by atoms with Gasteiger partial charge in [-0.2, -0.15) is 5.10 Å². The van der Waals surface area contributed by atoms with Gasteiger partial charge in [-0.05, 0) is 38.5 Å². The molecule has 1 aromatic heterocycles. The molecule has 0 aliphatic carbocycles. The number of hydrazine groups is 1. The molecule has 1 saturated heterocycles. The number of aryl methyl sites for hydroxylation is 2. The normalized spacial score (nSPS) is 16.1. The molecule has 9 heteroatoms. The van der Waals surface area contributed by atoms with Crippen LogP contribution in [0.2, 0.25) is 5.02 Å². The third-order valence-electron chi connectivity index (χ3n) is 5.60. The minimum atomic E-state index is -3.04. The van der Waals surface area contributed by atoms with E-state index in [2.05, 4.69) is 10.5 Å². The molecule has 0 saturated carbocycles. The van der Waals surface area contributed by atoms with Crippen molar-refractivity contribution in [1.29, 1.82) is 0 Å². The Kier molecular flexibility index (Phi) is 6.11. The highest BCUT2D eigenvalue weighted by Gasteiger charge is 2.27. The predicted octanol–water partition coefficient (Wildman–Crippen LogP) is 3.49. The average Bonchev–Trinajstić information content (AvgIpc) is 3.07. The zero-order valence-corrected chi connectivity index (χ0v) is 19.8. The SMILES string of the molecule is Cc1ccc(-c2c(C)c(C(=O)NN3CCS(=O)(=O)CC3)nn2-c2ccc(C)cc2Cl)cc1. The van der Waals surface area contributed by atoms with Gasteiger partial charge in [0.05, 0.1) is 27.9 Å². The van der Waals surface area contributed by atoms with Crippen LogP contribution in [0.5, 0.6) is 0 Å². The molecule has 168 valence electrons. The Hall–Kier alpha value is -2.68. The van der Waals surface area contributed by atoms with E-state index in [1.165, 1.54) is 0 Å². The smallest absolute Gasteiger partial charge is 0.283 e. The van der Waals surface area contributed by atoms with Crippen LogP contribution in [0.4, 0.5) is 0 Å². The van der Waals surface area contributed by atoms with Crippen LogP contribution >= 0.6 is 11.6 Å². The minimum absolute atomic E-state index is 0.0221. The molecule has 1 aliphatic rings. The maximum absolute atomic E-state index is 13.1. The number of sulfone groups is 1. The zero-order chi connectivity index (χ0) is 23.0. The number of carbonyl (C=O) groups excluding carboxylic acids is 1. The largest absolute Gasteiger partial charge is 0.286 e. The van der Waals surface area contributed by atoms with Gasteiger partial charge in [-0.25, -0.2) is 18.1 Å². The van der Waals surface area contributed by atoms with Crippen molar-refractivity contribution in [2.45, 2.75) is 20.8 Å². The Labute approximate surface area is 192 Å². The van der Waals surface area contributed by atoms with Crippen LogP contribution in [0.3, 0.4) is 0 Å². The molecule has 2 heterocycles. The van der Waals surface area contributed by atoms with Crippen molar-refractivity contribution in [1.82, 2.24) is 20.2 Å². The van der Waals surface area contributed by atoms with Crippen LogP contribution < -0.4 is 5.43 Å². The second-order valence-corrected chi connectivity index (χ2v) is 10.8. The summed E-state index contributed by atoms with van der Waals surface area (Å²) in [5.74, 6) is -0.333. The van der Waals surface area contributed by atoms with Crippen LogP contribution in [0.1, 0.15) is 27.2 Å². The lowest BCUT2D eigenvalue weighted by molar-refractivity contribution is 0.0795. The molecule has 0 unspecified atom stereocenters. The van der Waals surface area contributed by atoms with E-state index in [4.69, 9.17) is 11.6 Å². The van der Waals surface area contributed by atoms with Crippen molar-refractivity contribution < 1.29 is 13.2 Å². The minimum Gasteiger partial charge on any atom is -0.283 e. The van der Waals surface area contributed by atoms with Gasteiger partial charge >= 0.3 is 0 Å². The molecular weight excluding hydrogens is 448 g/mol. The maximum Gasteiger partial charge on any atom is 0.286 e. The van der Waals surface area contributed by atoms with Gasteiger partial charge in [-0.15, -0.1) is 0 Å². The van der Waals surface area contributed by atoms with Crippen LogP contribution in [-0.2, 0) is 9.84 Å². The molecule has 1 fully saturated rings. The number of hydrogen-bond donors (Lipinski definition) is 1. The Balaban J connectivity index is 1.75. The average molecular weight is 473 g/mol. The van der Waals surface area contributed by atoms with E-state index < -0.39 is 9.84 Å². The fraction of sp³-hybridized carbons (Fsp3) is 0.304. The van der Waals surface area contributed by atoms with Crippen molar-refractivity contribution in [2.75, 3.05) is 24.6 Å². The molecular formula is C23H25ClN4O3S. The number of rotatable bonds is 4. The van der Waals surface area contributed by atoms with Crippen LogP contribution in [0.15, 0.2) is 42.5 Å². The molecule has 0 bridgehead atoms. The van der Waals surface area contributed by atoms with Gasteiger partial charge in [-0.1, -0.05) is 47.5 Å². The number of nitrogens with one attached hydrogen (secondary N) is 1. The summed E-state index contributed by atoms with van der Waals surface area (Å²) in [5, 5.41) is 6.81. The highest BCUT2D eigenvalue weighted by Crippen LogP contribution is 2.32. The molecule has 4 rings (SSSR count). The van der Waals surface area contributed by atoms with Gasteiger partial charge in [0.15, 0.2) is 15.5 Å². The lowest BCUT2D eigenvalue weighted by Crippen LogP contribution is -2.50. The Morgan fingerprint density at radius 1 is 1.00 bits per heavy atom. The first-order valence-electron chi connectivity index (χ1n) is 10.3. The quantitative estimate of drug-likeness (QED) is 0.628. The molecule has 7 nitrogen and oxygen atoms in total. The molecule has 0 atom stereocenters. The van der Waals surface area contributed by atoms with Gasteiger partial charge in [-0.3, -0.25) is 10.2 Å². The first kappa shape index (κ1) is 22.5. The number of halogens is 1. The van der Waals surface area contributed by atoms with E-state index >= 15 is 0 Å². The second kappa shape index (κ2) is 8.69. The Morgan fingerprint density at radius 2 is 1.62 bits per heavy atom. The molecule has 1 amide bonds. The number of hydrogen-bond acceptors (Lipinski definition) is 5. The summed E-state index contributed by atoms with van der Waals surface area (Å²) in [5.41, 5.74) is 8.33. The van der Waals surface area contributed by atoms with E-state index in [1.54, 1.807) is 9.69 Å². The van der Waals surface area contributed by atoms with Crippen molar-refractivity contribution in [3.8, 4) is 16.9 Å². The van der Waals surface area contributed by atoms with Crippen molar-refractivity contribution in [2.24, 2.45) is 0 Å². The van der Waals surface area contributed by atoms with E-state index in [1.807, 2.05) is 63.2 Å². The molecule has 2 aromatic carbocycles. The lowest BCUT2D eigenvalue weighted by atomic mass is 10.0. The summed E-state index contributed by atoms with van der Waals surface area (Å²) >= 11 is 6.55. The summed E-state index contributed by atoms with van der Waals surface area (Å²) in [6, 6.07) is 13.7. The summed E-state index contributed by atoms with van der Waals surface area (Å²) in [7, 11) is -3.04. The molecule has 0 spiro atoms. The fourth-order valence-electron chi connectivity index (χ4n) is 3.74. The third-order valence-corrected chi connectivity index (χ3v) is 7.51. The summed E-state index contributed by atoms with van der Waals surface area (Å²) in [6.45, 7) is 6.34. The van der Waals surface area contributed by atoms with Crippen molar-refractivity contribution >= 4 is 27.3 Å². The van der Waals surface area contributed by atoms with Gasteiger partial charge in [0.1, 0.15) is 0 Å². The lowest BCUT2D eigenvalue weighted by Gasteiger charge is -2.26. The van der Waals surface area contributed by atoms with Gasteiger partial charge < -0.3 is 0 Å². The summed E-state index contributed by atoms with van der Waals surface area (Å²) in [4.78, 5) is 13.1. The monoisotopic (exact) mass is 472 g/mol. The number of benzene rings is 2. The Bertz CT molecular complexity index is 1270. The molecule has 1 aliphatic heterocycles. The van der Waals surface area contributed by atoms with Crippen LogP contribution in [0.25, 0.3) is 16.9 Å². The van der Waals surface area contributed by atoms with Crippen molar-refractivity contribution in [3.05, 3.63) is 69.9 Å². The highest BCUT2D eigenvalue weighted by molar-refractivity contribution is 7.91. The van der Waals surface area contributed by atoms with E-state index in [-0.39, 0.29) is 36.2 Å². The predicted molar refractivity (Wildman–Crippen MR) is 126 cm³/mol. The van der Waals surface area contributed by atoms with Gasteiger partial charge in [0.2, 0.25) is 0 Å². The van der Waals surface area contributed by atoms with Gasteiger partial charge in [0.25, 0.3) is 5.91 Å². The number of aromatic nitrogens is 2. The maximum atomic E-state index is 13.1. The van der Waals surface area contributed by atoms with Gasteiger partial charge in [0, 0.05) is 24.2 Å². The summed E-state index contributed by atoms with van der Waals surface area (Å²) in [6.07, 6.45) is 0. The second-order valence-electron chi connectivity index (χ2n) is 8.13. The number of amides is 1. The van der Waals surface area contributed by atoms with E-state index in [0.29, 0.717) is 16.3 Å². The molecule has 0 radical (unpaired) electrons. The first-order valence-corrected chi connectivity index (χ1v) is 12.5. The zero-order valence-electron chi connectivity index (χ0n) is 18.2. The summed E-state index contributed by atoms with van der Waals surface area (Å²) < 4.78 is 25.1. The van der Waals surface area contributed by atoms with Crippen molar-refractivity contribution in [3.63, 3.8) is 0 Å². The molecule has 1 N–H and O–H groups in total. The molecule has 3 aromatic rings. The Morgan fingerprint density at radius 3 is 2.25 bits per heavy atom. The third kappa shape index (κ3) is 4.57.